The average molecular weight is 305 g/mol. The van der Waals surface area contributed by atoms with E-state index in [0.717, 1.165) is 44.1 Å². The first-order valence-electron chi connectivity index (χ1n) is 8.31. The summed E-state index contributed by atoms with van der Waals surface area (Å²) in [5, 5.41) is 20.5. The molecule has 0 radical (unpaired) electrons. The molecule has 1 aliphatic rings. The number of para-hydroxylation sites is 1. The second kappa shape index (κ2) is 7.63. The van der Waals surface area contributed by atoms with Crippen LogP contribution < -0.4 is 0 Å². The SMILES string of the molecule is CCCN(Cc1ccccc1O)C(=O)CC1(O)CCCCC1. The zero-order valence-corrected chi connectivity index (χ0v) is 13.4. The standard InChI is InChI=1S/C18H27NO3/c1-2-12-19(14-15-8-4-5-9-16(15)20)17(21)13-18(22)10-6-3-7-11-18/h4-5,8-9,20,22H,2-3,6-7,10-14H2,1H3. The van der Waals surface area contributed by atoms with Crippen LogP contribution in [0.2, 0.25) is 0 Å². The predicted octanol–water partition coefficient (Wildman–Crippen LogP) is 3.22. The van der Waals surface area contributed by atoms with Gasteiger partial charge in [-0.05, 0) is 25.3 Å². The van der Waals surface area contributed by atoms with Crippen molar-refractivity contribution in [3.8, 4) is 5.75 Å². The minimum atomic E-state index is -0.833. The van der Waals surface area contributed by atoms with Gasteiger partial charge in [0, 0.05) is 18.7 Å². The summed E-state index contributed by atoms with van der Waals surface area (Å²) in [5.41, 5.74) is -0.0833. The van der Waals surface area contributed by atoms with Gasteiger partial charge in [0.15, 0.2) is 0 Å². The molecule has 0 aliphatic heterocycles. The molecular formula is C18H27NO3. The highest BCUT2D eigenvalue weighted by Crippen LogP contribution is 2.31. The molecule has 2 N–H and O–H groups in total. The number of phenols is 1. The average Bonchev–Trinajstić information content (AvgIpc) is 2.49. The van der Waals surface area contributed by atoms with Gasteiger partial charge in [-0.1, -0.05) is 44.4 Å². The topological polar surface area (TPSA) is 60.8 Å². The summed E-state index contributed by atoms with van der Waals surface area (Å²) in [6.45, 7) is 3.07. The first kappa shape index (κ1) is 16.8. The van der Waals surface area contributed by atoms with E-state index in [1.165, 1.54) is 0 Å². The molecule has 0 atom stereocenters. The number of rotatable bonds is 6. The van der Waals surface area contributed by atoms with E-state index in [4.69, 9.17) is 0 Å². The Hall–Kier alpha value is -1.55. The van der Waals surface area contributed by atoms with Gasteiger partial charge in [0.05, 0.1) is 12.0 Å². The van der Waals surface area contributed by atoms with Crippen molar-refractivity contribution in [2.24, 2.45) is 0 Å². The van der Waals surface area contributed by atoms with Crippen LogP contribution in [0, 0.1) is 0 Å². The maximum atomic E-state index is 12.6. The smallest absolute Gasteiger partial charge is 0.225 e. The third kappa shape index (κ3) is 4.47. The first-order chi connectivity index (χ1) is 10.5. The molecule has 22 heavy (non-hydrogen) atoms. The van der Waals surface area contributed by atoms with Crippen LogP contribution in [0.25, 0.3) is 0 Å². The maximum absolute atomic E-state index is 12.6. The molecule has 0 spiro atoms. The summed E-state index contributed by atoms with van der Waals surface area (Å²) >= 11 is 0. The fourth-order valence-electron chi connectivity index (χ4n) is 3.19. The Balaban J connectivity index is 2.03. The number of hydrogen-bond acceptors (Lipinski definition) is 3. The van der Waals surface area contributed by atoms with Crippen LogP contribution in [0.15, 0.2) is 24.3 Å². The van der Waals surface area contributed by atoms with Crippen molar-refractivity contribution in [2.75, 3.05) is 6.54 Å². The normalized spacial score (nSPS) is 17.2. The molecule has 4 nitrogen and oxygen atoms in total. The zero-order chi connectivity index (χ0) is 16.0. The van der Waals surface area contributed by atoms with Gasteiger partial charge < -0.3 is 15.1 Å². The number of carbonyl (C=O) groups excluding carboxylic acids is 1. The van der Waals surface area contributed by atoms with Crippen molar-refractivity contribution in [1.82, 2.24) is 4.90 Å². The van der Waals surface area contributed by atoms with E-state index in [9.17, 15) is 15.0 Å². The second-order valence-electron chi connectivity index (χ2n) is 6.41. The van der Waals surface area contributed by atoms with Crippen molar-refractivity contribution in [3.63, 3.8) is 0 Å². The number of carbonyl (C=O) groups is 1. The van der Waals surface area contributed by atoms with Crippen LogP contribution in [0.3, 0.4) is 0 Å². The Kier molecular flexibility index (Phi) is 5.83. The van der Waals surface area contributed by atoms with E-state index in [2.05, 4.69) is 0 Å². The van der Waals surface area contributed by atoms with Crippen LogP contribution in [-0.2, 0) is 11.3 Å². The fourth-order valence-corrected chi connectivity index (χ4v) is 3.19. The van der Waals surface area contributed by atoms with E-state index in [1.807, 2.05) is 19.1 Å². The summed E-state index contributed by atoms with van der Waals surface area (Å²) in [7, 11) is 0. The summed E-state index contributed by atoms with van der Waals surface area (Å²) in [5.74, 6) is 0.197. The number of aliphatic hydroxyl groups is 1. The van der Waals surface area contributed by atoms with Gasteiger partial charge in [-0.2, -0.15) is 0 Å². The van der Waals surface area contributed by atoms with Gasteiger partial charge in [-0.15, -0.1) is 0 Å². The van der Waals surface area contributed by atoms with Crippen LogP contribution in [0.4, 0.5) is 0 Å². The molecule has 0 heterocycles. The van der Waals surface area contributed by atoms with E-state index >= 15 is 0 Å². The van der Waals surface area contributed by atoms with E-state index < -0.39 is 5.60 Å². The Morgan fingerprint density at radius 1 is 1.23 bits per heavy atom. The highest BCUT2D eigenvalue weighted by atomic mass is 16.3. The minimum Gasteiger partial charge on any atom is -0.508 e. The third-order valence-corrected chi connectivity index (χ3v) is 4.46. The van der Waals surface area contributed by atoms with Crippen molar-refractivity contribution in [1.29, 1.82) is 0 Å². The summed E-state index contributed by atoms with van der Waals surface area (Å²) in [6.07, 6.45) is 5.63. The number of nitrogens with zero attached hydrogens (tertiary/aromatic N) is 1. The Morgan fingerprint density at radius 3 is 2.55 bits per heavy atom. The Morgan fingerprint density at radius 2 is 1.91 bits per heavy atom. The highest BCUT2D eigenvalue weighted by Gasteiger charge is 2.33. The summed E-state index contributed by atoms with van der Waals surface area (Å²) < 4.78 is 0. The number of hydrogen-bond donors (Lipinski definition) is 2. The van der Waals surface area contributed by atoms with Crippen molar-refractivity contribution < 1.29 is 15.0 Å². The van der Waals surface area contributed by atoms with Crippen molar-refractivity contribution in [3.05, 3.63) is 29.8 Å². The van der Waals surface area contributed by atoms with Crippen LogP contribution >= 0.6 is 0 Å². The lowest BCUT2D eigenvalue weighted by Gasteiger charge is -2.33. The second-order valence-corrected chi connectivity index (χ2v) is 6.41. The number of amides is 1. The maximum Gasteiger partial charge on any atom is 0.225 e. The zero-order valence-electron chi connectivity index (χ0n) is 13.4. The molecule has 0 bridgehead atoms. The molecule has 1 saturated carbocycles. The molecule has 1 aromatic carbocycles. The predicted molar refractivity (Wildman–Crippen MR) is 86.5 cm³/mol. The quantitative estimate of drug-likeness (QED) is 0.848. The van der Waals surface area contributed by atoms with Gasteiger partial charge in [-0.25, -0.2) is 0 Å². The van der Waals surface area contributed by atoms with E-state index in [0.29, 0.717) is 13.1 Å². The lowest BCUT2D eigenvalue weighted by molar-refractivity contribution is -0.138. The van der Waals surface area contributed by atoms with Crippen molar-refractivity contribution >= 4 is 5.91 Å². The number of phenolic OH excluding ortho intramolecular Hbond substituents is 1. The molecule has 122 valence electrons. The van der Waals surface area contributed by atoms with E-state index in [-0.39, 0.29) is 18.1 Å². The summed E-state index contributed by atoms with van der Waals surface area (Å²) in [4.78, 5) is 14.4. The van der Waals surface area contributed by atoms with Crippen LogP contribution in [0.1, 0.15) is 57.4 Å². The van der Waals surface area contributed by atoms with Gasteiger partial charge >= 0.3 is 0 Å². The molecule has 4 heteroatoms. The number of benzene rings is 1. The van der Waals surface area contributed by atoms with Gasteiger partial charge in [0.25, 0.3) is 0 Å². The van der Waals surface area contributed by atoms with Crippen LogP contribution in [-0.4, -0.2) is 33.2 Å². The molecule has 1 aromatic rings. The van der Waals surface area contributed by atoms with Gasteiger partial charge in [-0.3, -0.25) is 4.79 Å². The molecule has 0 saturated heterocycles. The third-order valence-electron chi connectivity index (χ3n) is 4.46. The minimum absolute atomic E-state index is 0.0190. The van der Waals surface area contributed by atoms with E-state index in [1.54, 1.807) is 17.0 Å². The molecule has 1 fully saturated rings. The lowest BCUT2D eigenvalue weighted by Crippen LogP contribution is -2.40. The molecule has 1 aliphatic carbocycles. The molecule has 0 aromatic heterocycles. The fraction of sp³-hybridized carbons (Fsp3) is 0.611. The Labute approximate surface area is 132 Å². The van der Waals surface area contributed by atoms with Gasteiger partial charge in [0.1, 0.15) is 5.75 Å². The van der Waals surface area contributed by atoms with Crippen molar-refractivity contribution in [2.45, 2.75) is 64.0 Å². The first-order valence-corrected chi connectivity index (χ1v) is 8.31. The molecule has 0 unspecified atom stereocenters. The molecule has 2 rings (SSSR count). The molecule has 1 amide bonds. The van der Waals surface area contributed by atoms with Crippen LogP contribution in [0.5, 0.6) is 5.75 Å². The largest absolute Gasteiger partial charge is 0.508 e. The van der Waals surface area contributed by atoms with Gasteiger partial charge in [0.2, 0.25) is 5.91 Å². The highest BCUT2D eigenvalue weighted by molar-refractivity contribution is 5.77. The molecular weight excluding hydrogens is 278 g/mol. The Bertz CT molecular complexity index is 495. The number of aromatic hydroxyl groups is 1. The lowest BCUT2D eigenvalue weighted by atomic mass is 9.82. The monoisotopic (exact) mass is 305 g/mol. The summed E-state index contributed by atoms with van der Waals surface area (Å²) in [6, 6.07) is 7.10.